The Morgan fingerprint density at radius 2 is 1.96 bits per heavy atom. The molecule has 0 fully saturated rings. The molecule has 25 heavy (non-hydrogen) atoms. The first-order valence-electron chi connectivity index (χ1n) is 7.64. The monoisotopic (exact) mass is 353 g/mol. The second kappa shape index (κ2) is 5.52. The van der Waals surface area contributed by atoms with Crippen LogP contribution in [0.25, 0.3) is 16.6 Å². The average Bonchev–Trinajstić information content (AvgIpc) is 2.93. The SMILES string of the molecule is Cc1cnc2c(S(=O)(=O)Nc3ccc4nc(C)nn4c3)cccc2c1. The van der Waals surface area contributed by atoms with Crippen LogP contribution in [0, 0.1) is 13.8 Å². The van der Waals surface area contributed by atoms with Gasteiger partial charge in [-0.1, -0.05) is 12.1 Å². The molecule has 0 bridgehead atoms. The standard InChI is InChI=1S/C17H15N5O2S/c1-11-8-13-4-3-5-15(17(13)18-9-11)25(23,24)21-14-6-7-16-19-12(2)20-22(16)10-14/h3-10,21H,1-2H3. The molecule has 0 atom stereocenters. The Morgan fingerprint density at radius 1 is 1.12 bits per heavy atom. The van der Waals surface area contributed by atoms with Crippen LogP contribution in [0.5, 0.6) is 0 Å². The van der Waals surface area contributed by atoms with Crippen LogP contribution in [0.15, 0.2) is 53.7 Å². The summed E-state index contributed by atoms with van der Waals surface area (Å²) in [6.07, 6.45) is 3.25. The molecule has 4 rings (SSSR count). The number of pyridine rings is 2. The van der Waals surface area contributed by atoms with Crippen LogP contribution in [0.1, 0.15) is 11.4 Å². The fourth-order valence-corrected chi connectivity index (χ4v) is 3.95. The summed E-state index contributed by atoms with van der Waals surface area (Å²) in [7, 11) is -3.79. The molecule has 0 amide bonds. The lowest BCUT2D eigenvalue weighted by Crippen LogP contribution is -2.14. The molecule has 0 unspecified atom stereocenters. The summed E-state index contributed by atoms with van der Waals surface area (Å²) in [4.78, 5) is 8.66. The maximum atomic E-state index is 12.8. The highest BCUT2D eigenvalue weighted by atomic mass is 32.2. The van der Waals surface area contributed by atoms with Gasteiger partial charge in [0, 0.05) is 11.6 Å². The molecular weight excluding hydrogens is 338 g/mol. The number of fused-ring (bicyclic) bond motifs is 2. The van der Waals surface area contributed by atoms with E-state index in [9.17, 15) is 8.42 Å². The van der Waals surface area contributed by atoms with Crippen molar-refractivity contribution in [3.8, 4) is 0 Å². The Kier molecular flexibility index (Phi) is 3.43. The molecule has 0 radical (unpaired) electrons. The average molecular weight is 353 g/mol. The van der Waals surface area contributed by atoms with Gasteiger partial charge >= 0.3 is 0 Å². The fraction of sp³-hybridized carbons (Fsp3) is 0.118. The van der Waals surface area contributed by atoms with Crippen molar-refractivity contribution in [1.82, 2.24) is 19.6 Å². The fourth-order valence-electron chi connectivity index (χ4n) is 2.72. The van der Waals surface area contributed by atoms with Crippen molar-refractivity contribution in [2.75, 3.05) is 4.72 Å². The van der Waals surface area contributed by atoms with Gasteiger partial charge < -0.3 is 0 Å². The lowest BCUT2D eigenvalue weighted by Gasteiger charge is -2.10. The van der Waals surface area contributed by atoms with Gasteiger partial charge in [-0.15, -0.1) is 0 Å². The van der Waals surface area contributed by atoms with Gasteiger partial charge in [0.1, 0.15) is 10.7 Å². The number of benzene rings is 1. The zero-order valence-corrected chi connectivity index (χ0v) is 14.4. The second-order valence-corrected chi connectivity index (χ2v) is 7.48. The van der Waals surface area contributed by atoms with Gasteiger partial charge in [0.25, 0.3) is 10.0 Å². The van der Waals surface area contributed by atoms with E-state index in [1.807, 2.05) is 19.1 Å². The minimum Gasteiger partial charge on any atom is -0.278 e. The van der Waals surface area contributed by atoms with E-state index in [0.29, 0.717) is 22.7 Å². The van der Waals surface area contributed by atoms with E-state index >= 15 is 0 Å². The zero-order chi connectivity index (χ0) is 17.6. The van der Waals surface area contributed by atoms with Crippen LogP contribution < -0.4 is 4.72 Å². The molecule has 0 aliphatic rings. The van der Waals surface area contributed by atoms with Gasteiger partial charge in [-0.05, 0) is 43.7 Å². The molecular formula is C17H15N5O2S. The normalized spacial score (nSPS) is 11.9. The van der Waals surface area contributed by atoms with Crippen LogP contribution in [-0.4, -0.2) is 28.0 Å². The lowest BCUT2D eigenvalue weighted by molar-refractivity contribution is 0.602. The molecule has 0 aliphatic heterocycles. The molecule has 7 nitrogen and oxygen atoms in total. The Morgan fingerprint density at radius 3 is 2.80 bits per heavy atom. The first-order valence-corrected chi connectivity index (χ1v) is 9.12. The van der Waals surface area contributed by atoms with Crippen LogP contribution in [0.3, 0.4) is 0 Å². The molecule has 126 valence electrons. The first kappa shape index (κ1) is 15.5. The van der Waals surface area contributed by atoms with Gasteiger partial charge in [0.05, 0.1) is 17.4 Å². The summed E-state index contributed by atoms with van der Waals surface area (Å²) in [5, 5.41) is 4.98. The molecule has 0 saturated carbocycles. The maximum absolute atomic E-state index is 12.8. The minimum atomic E-state index is -3.79. The largest absolute Gasteiger partial charge is 0.278 e. The minimum absolute atomic E-state index is 0.139. The zero-order valence-electron chi connectivity index (χ0n) is 13.6. The maximum Gasteiger partial charge on any atom is 0.264 e. The molecule has 0 aliphatic carbocycles. The molecule has 0 spiro atoms. The number of rotatable bonds is 3. The number of aryl methyl sites for hydroxylation is 2. The number of nitrogens with one attached hydrogen (secondary N) is 1. The summed E-state index contributed by atoms with van der Waals surface area (Å²) in [5.74, 6) is 0.619. The van der Waals surface area contributed by atoms with Gasteiger partial charge in [0.15, 0.2) is 5.65 Å². The second-order valence-electron chi connectivity index (χ2n) is 5.83. The van der Waals surface area contributed by atoms with E-state index in [-0.39, 0.29) is 4.90 Å². The predicted octanol–water partition coefficient (Wildman–Crippen LogP) is 2.70. The van der Waals surface area contributed by atoms with Gasteiger partial charge in [-0.2, -0.15) is 5.10 Å². The molecule has 3 heterocycles. The van der Waals surface area contributed by atoms with Gasteiger partial charge in [-0.3, -0.25) is 9.71 Å². The van der Waals surface area contributed by atoms with Crippen molar-refractivity contribution in [3.05, 3.63) is 60.2 Å². The van der Waals surface area contributed by atoms with Crippen LogP contribution in [0.2, 0.25) is 0 Å². The topological polar surface area (TPSA) is 89.2 Å². The van der Waals surface area contributed by atoms with E-state index in [0.717, 1.165) is 10.9 Å². The third kappa shape index (κ3) is 2.80. The number of sulfonamides is 1. The number of hydrogen-bond acceptors (Lipinski definition) is 5. The quantitative estimate of drug-likeness (QED) is 0.612. The van der Waals surface area contributed by atoms with Gasteiger partial charge in [0.2, 0.25) is 0 Å². The number of aromatic nitrogens is 4. The summed E-state index contributed by atoms with van der Waals surface area (Å²) in [5.41, 5.74) is 2.48. The Labute approximate surface area is 144 Å². The molecule has 4 aromatic rings. The Balaban J connectivity index is 1.78. The van der Waals surface area contributed by atoms with E-state index in [4.69, 9.17) is 0 Å². The third-order valence-electron chi connectivity index (χ3n) is 3.79. The number of anilines is 1. The van der Waals surface area contributed by atoms with Crippen molar-refractivity contribution in [2.24, 2.45) is 0 Å². The number of para-hydroxylation sites is 1. The Hall–Kier alpha value is -3.00. The van der Waals surface area contributed by atoms with Crippen molar-refractivity contribution in [1.29, 1.82) is 0 Å². The third-order valence-corrected chi connectivity index (χ3v) is 5.20. The van der Waals surface area contributed by atoms with E-state index in [1.165, 1.54) is 4.52 Å². The van der Waals surface area contributed by atoms with Crippen LogP contribution in [0.4, 0.5) is 5.69 Å². The van der Waals surface area contributed by atoms with E-state index in [2.05, 4.69) is 19.8 Å². The molecule has 1 N–H and O–H groups in total. The molecule has 3 aromatic heterocycles. The Bertz CT molecular complexity index is 1210. The van der Waals surface area contributed by atoms with Crippen molar-refractivity contribution >= 4 is 32.3 Å². The highest BCUT2D eigenvalue weighted by Gasteiger charge is 2.19. The van der Waals surface area contributed by atoms with E-state index in [1.54, 1.807) is 43.6 Å². The summed E-state index contributed by atoms with van der Waals surface area (Å²) >= 11 is 0. The van der Waals surface area contributed by atoms with Crippen LogP contribution in [-0.2, 0) is 10.0 Å². The highest BCUT2D eigenvalue weighted by Crippen LogP contribution is 2.24. The van der Waals surface area contributed by atoms with Crippen LogP contribution >= 0.6 is 0 Å². The van der Waals surface area contributed by atoms with Crippen molar-refractivity contribution < 1.29 is 8.42 Å². The van der Waals surface area contributed by atoms with E-state index < -0.39 is 10.0 Å². The molecule has 1 aromatic carbocycles. The first-order chi connectivity index (χ1) is 11.9. The summed E-state index contributed by atoms with van der Waals surface area (Å²) < 4.78 is 29.8. The summed E-state index contributed by atoms with van der Waals surface area (Å²) in [6.45, 7) is 3.70. The highest BCUT2D eigenvalue weighted by molar-refractivity contribution is 7.93. The molecule has 8 heteroatoms. The molecule has 0 saturated heterocycles. The van der Waals surface area contributed by atoms with Crippen molar-refractivity contribution in [2.45, 2.75) is 18.7 Å². The summed E-state index contributed by atoms with van der Waals surface area (Å²) in [6, 6.07) is 10.4. The van der Waals surface area contributed by atoms with Gasteiger partial charge in [-0.25, -0.2) is 17.9 Å². The lowest BCUT2D eigenvalue weighted by atomic mass is 10.2. The predicted molar refractivity (Wildman–Crippen MR) is 95.0 cm³/mol. The number of nitrogens with zero attached hydrogens (tertiary/aromatic N) is 4. The van der Waals surface area contributed by atoms with Crippen molar-refractivity contribution in [3.63, 3.8) is 0 Å². The number of hydrogen-bond donors (Lipinski definition) is 1. The smallest absolute Gasteiger partial charge is 0.264 e.